The van der Waals surface area contributed by atoms with Gasteiger partial charge in [0.2, 0.25) is 0 Å². The molecule has 0 unspecified atom stereocenters. The Morgan fingerprint density at radius 1 is 0.844 bits per heavy atom. The molecule has 3 atom stereocenters. The molecular formula is C40H52O4Si. The summed E-state index contributed by atoms with van der Waals surface area (Å²) in [7, 11) is -1.28. The van der Waals surface area contributed by atoms with Gasteiger partial charge in [0.25, 0.3) is 8.32 Å². The molecule has 0 bridgehead atoms. The molecule has 0 spiro atoms. The van der Waals surface area contributed by atoms with Gasteiger partial charge < -0.3 is 13.9 Å². The van der Waals surface area contributed by atoms with Crippen molar-refractivity contribution in [3.8, 4) is 0 Å². The quantitative estimate of drug-likeness (QED) is 0.0528. The van der Waals surface area contributed by atoms with Gasteiger partial charge in [0.15, 0.2) is 0 Å². The van der Waals surface area contributed by atoms with Gasteiger partial charge in [-0.05, 0) is 39.4 Å². The summed E-state index contributed by atoms with van der Waals surface area (Å²) in [5.41, 5.74) is 2.43. The lowest BCUT2D eigenvalue weighted by Gasteiger charge is -2.43. The molecule has 0 aliphatic rings. The highest BCUT2D eigenvalue weighted by molar-refractivity contribution is 6.99. The fraction of sp³-hybridized carbons (Fsp3) is 0.375. The predicted molar refractivity (Wildman–Crippen MR) is 190 cm³/mol. The van der Waals surface area contributed by atoms with Crippen LogP contribution in [0.4, 0.5) is 0 Å². The molecule has 0 N–H and O–H groups in total. The molecule has 0 aliphatic heterocycles. The largest absolute Gasteiger partial charge is 0.466 e. The number of carbonyl (C=O) groups excluding carboxylic acids is 1. The number of hydrogen-bond donors (Lipinski definition) is 0. The minimum atomic E-state index is -2.66. The maximum atomic E-state index is 11.5. The fourth-order valence-electron chi connectivity index (χ4n) is 5.96. The second-order valence-corrected chi connectivity index (χ2v) is 16.9. The molecule has 3 aromatic rings. The number of esters is 1. The first-order chi connectivity index (χ1) is 21.7. The Morgan fingerprint density at radius 2 is 1.40 bits per heavy atom. The van der Waals surface area contributed by atoms with Crippen molar-refractivity contribution in [3.63, 3.8) is 0 Å². The van der Waals surface area contributed by atoms with Crippen molar-refractivity contribution in [1.29, 1.82) is 0 Å². The monoisotopic (exact) mass is 624 g/mol. The summed E-state index contributed by atoms with van der Waals surface area (Å²) in [6, 6.07) is 31.9. The number of carbonyl (C=O) groups is 1. The van der Waals surface area contributed by atoms with Crippen molar-refractivity contribution in [1.82, 2.24) is 0 Å². The molecule has 0 radical (unpaired) electrons. The Kier molecular flexibility index (Phi) is 14.3. The Balaban J connectivity index is 1.96. The van der Waals surface area contributed by atoms with E-state index < -0.39 is 8.32 Å². The van der Waals surface area contributed by atoms with Gasteiger partial charge in [0, 0.05) is 17.9 Å². The lowest BCUT2D eigenvalue weighted by Crippen LogP contribution is -2.66. The highest BCUT2D eigenvalue weighted by Crippen LogP contribution is 2.37. The summed E-state index contributed by atoms with van der Waals surface area (Å²) in [6.07, 6.45) is 11.3. The lowest BCUT2D eigenvalue weighted by atomic mass is 9.87. The minimum Gasteiger partial charge on any atom is -0.466 e. The van der Waals surface area contributed by atoms with Crippen LogP contribution in [0, 0.1) is 11.8 Å². The van der Waals surface area contributed by atoms with E-state index in [1.165, 1.54) is 29.1 Å². The third-order valence-corrected chi connectivity index (χ3v) is 13.4. The van der Waals surface area contributed by atoms with Gasteiger partial charge in [-0.2, -0.15) is 0 Å². The Morgan fingerprint density at radius 3 is 1.89 bits per heavy atom. The number of hydrogen-bond acceptors (Lipinski definition) is 4. The van der Waals surface area contributed by atoms with E-state index in [1.54, 1.807) is 6.08 Å². The number of benzene rings is 3. The topological polar surface area (TPSA) is 44.8 Å². The maximum Gasteiger partial charge on any atom is 0.330 e. The number of ether oxygens (including phenoxy) is 2. The molecule has 0 amide bonds. The highest BCUT2D eigenvalue weighted by Gasteiger charge is 2.50. The molecule has 45 heavy (non-hydrogen) atoms. The van der Waals surface area contributed by atoms with Crippen molar-refractivity contribution in [2.24, 2.45) is 11.8 Å². The summed E-state index contributed by atoms with van der Waals surface area (Å²) >= 11 is 0. The molecule has 3 aromatic carbocycles. The average Bonchev–Trinajstić information content (AvgIpc) is 3.06. The van der Waals surface area contributed by atoms with Gasteiger partial charge in [-0.3, -0.25) is 0 Å². The van der Waals surface area contributed by atoms with E-state index in [0.717, 1.165) is 18.4 Å². The van der Waals surface area contributed by atoms with Gasteiger partial charge in [0.1, 0.15) is 0 Å². The van der Waals surface area contributed by atoms with Gasteiger partial charge >= 0.3 is 5.97 Å². The van der Waals surface area contributed by atoms with Crippen molar-refractivity contribution in [2.75, 3.05) is 13.7 Å². The first-order valence-electron chi connectivity index (χ1n) is 16.2. The Labute approximate surface area is 273 Å². The zero-order chi connectivity index (χ0) is 32.7. The van der Waals surface area contributed by atoms with Crippen LogP contribution in [-0.2, 0) is 25.3 Å². The molecule has 3 rings (SSSR count). The molecule has 0 fully saturated rings. The average molecular weight is 625 g/mol. The minimum absolute atomic E-state index is 0.0626. The Bertz CT molecular complexity index is 1330. The second kappa shape index (κ2) is 17.8. The smallest absolute Gasteiger partial charge is 0.330 e. The SMILES string of the molecule is CC/C(=C\[C@@H](CC)[C@@H](OCc1ccccc1)[C@H](C)/C=C/C=C/C(=O)OC)CO[Si](c1ccccc1)(c1ccccc1)C(C)(C)C. The third kappa shape index (κ3) is 9.99. The highest BCUT2D eigenvalue weighted by atomic mass is 28.4. The third-order valence-electron chi connectivity index (χ3n) is 8.45. The first kappa shape index (κ1) is 36.0. The molecular weight excluding hydrogens is 573 g/mol. The van der Waals surface area contributed by atoms with E-state index in [-0.39, 0.29) is 28.9 Å². The second-order valence-electron chi connectivity index (χ2n) is 12.6. The molecule has 4 nitrogen and oxygen atoms in total. The normalized spacial score (nSPS) is 14.9. The molecule has 5 heteroatoms. The molecule has 0 aliphatic carbocycles. The summed E-state index contributed by atoms with van der Waals surface area (Å²) in [5, 5.41) is 2.49. The van der Waals surface area contributed by atoms with E-state index in [0.29, 0.717) is 13.2 Å². The first-order valence-corrected chi connectivity index (χ1v) is 18.1. The number of methoxy groups -OCH3 is 1. The molecule has 0 saturated heterocycles. The summed E-state index contributed by atoms with van der Waals surface area (Å²) in [5.74, 6) is -0.0874. The van der Waals surface area contributed by atoms with Crippen LogP contribution in [-0.4, -0.2) is 34.1 Å². The lowest BCUT2D eigenvalue weighted by molar-refractivity contribution is -0.134. The number of allylic oxidation sites excluding steroid dienone is 2. The van der Waals surface area contributed by atoms with Crippen LogP contribution >= 0.6 is 0 Å². The van der Waals surface area contributed by atoms with Gasteiger partial charge in [-0.1, -0.05) is 157 Å². The van der Waals surface area contributed by atoms with Gasteiger partial charge in [-0.25, -0.2) is 4.79 Å². The van der Waals surface area contributed by atoms with E-state index in [9.17, 15) is 4.79 Å². The molecule has 240 valence electrons. The Hall–Kier alpha value is -3.51. The number of rotatable bonds is 16. The van der Waals surface area contributed by atoms with Crippen molar-refractivity contribution in [3.05, 3.63) is 133 Å². The van der Waals surface area contributed by atoms with E-state index in [2.05, 4.69) is 126 Å². The van der Waals surface area contributed by atoms with Crippen LogP contribution in [0.3, 0.4) is 0 Å². The van der Waals surface area contributed by atoms with Crippen LogP contribution in [0.15, 0.2) is 127 Å². The van der Waals surface area contributed by atoms with Crippen molar-refractivity contribution >= 4 is 24.7 Å². The standard InChI is InChI=1S/C40H52O4Si/c1-8-33(31-44-45(40(4,5)6,36-24-15-11-16-25-36)37-26-17-12-18-27-37)29-35(9-2)39(43-30-34-22-13-10-14-23-34)32(3)21-19-20-28-38(41)42-7/h10-29,32,35,39H,8-9,30-31H2,1-7H3/b21-19+,28-20+,33-29+/t32-,35-,39+/m1/s1. The van der Waals surface area contributed by atoms with Crippen LogP contribution in [0.25, 0.3) is 0 Å². The van der Waals surface area contributed by atoms with Crippen molar-refractivity contribution in [2.45, 2.75) is 72.1 Å². The maximum absolute atomic E-state index is 11.5. The molecule has 0 aromatic heterocycles. The van der Waals surface area contributed by atoms with E-state index in [1.807, 2.05) is 24.3 Å². The fourth-order valence-corrected chi connectivity index (χ4v) is 10.5. The molecule has 0 saturated carbocycles. The van der Waals surface area contributed by atoms with Crippen LogP contribution in [0.1, 0.15) is 59.9 Å². The predicted octanol–water partition coefficient (Wildman–Crippen LogP) is 8.43. The van der Waals surface area contributed by atoms with Crippen molar-refractivity contribution < 1.29 is 18.7 Å². The van der Waals surface area contributed by atoms with Crippen LogP contribution in [0.5, 0.6) is 0 Å². The summed E-state index contributed by atoms with van der Waals surface area (Å²) in [6.45, 7) is 14.7. The van der Waals surface area contributed by atoms with Gasteiger partial charge in [-0.15, -0.1) is 0 Å². The van der Waals surface area contributed by atoms with Crippen LogP contribution in [0.2, 0.25) is 5.04 Å². The zero-order valence-electron chi connectivity index (χ0n) is 28.2. The molecule has 0 heterocycles. The summed E-state index contributed by atoms with van der Waals surface area (Å²) in [4.78, 5) is 11.5. The van der Waals surface area contributed by atoms with Gasteiger partial charge in [0.05, 0.1) is 26.4 Å². The van der Waals surface area contributed by atoms with Crippen LogP contribution < -0.4 is 10.4 Å². The zero-order valence-corrected chi connectivity index (χ0v) is 29.2. The van der Waals surface area contributed by atoms with E-state index in [4.69, 9.17) is 13.9 Å². The van der Waals surface area contributed by atoms with E-state index >= 15 is 0 Å². The summed E-state index contributed by atoms with van der Waals surface area (Å²) < 4.78 is 18.7.